The standard InChI is InChI=1S/C14H15NO7/c16-9-10(17)12(18)14(21,22-11(9)13(19)20)8-5-6-3-1-2-4-7(6)15-8/h1-5,9-12,15-18,21H,(H,19,20)/t9-,10-,11-,12+,14+/m0/s1. The molecule has 2 heterocycles. The van der Waals surface area contributed by atoms with E-state index in [1.807, 2.05) is 0 Å². The van der Waals surface area contributed by atoms with Gasteiger partial charge in [0.1, 0.15) is 18.3 Å². The molecule has 0 saturated carbocycles. The molecule has 1 saturated heterocycles. The predicted octanol–water partition coefficient (Wildman–Crippen LogP) is -1.12. The van der Waals surface area contributed by atoms with Crippen molar-refractivity contribution in [2.45, 2.75) is 30.2 Å². The number of para-hydroxylation sites is 1. The molecule has 3 rings (SSSR count). The number of nitrogens with one attached hydrogen (secondary N) is 1. The number of carboxylic acid groups (broad SMARTS) is 1. The Balaban J connectivity index is 2.07. The van der Waals surface area contributed by atoms with Crippen molar-refractivity contribution in [3.05, 3.63) is 36.0 Å². The summed E-state index contributed by atoms with van der Waals surface area (Å²) in [5, 5.41) is 49.8. The molecule has 1 aromatic heterocycles. The van der Waals surface area contributed by atoms with Crippen LogP contribution in [-0.4, -0.2) is 60.9 Å². The summed E-state index contributed by atoms with van der Waals surface area (Å²) in [6, 6.07) is 8.46. The van der Waals surface area contributed by atoms with Gasteiger partial charge in [-0.15, -0.1) is 0 Å². The number of rotatable bonds is 2. The number of H-pyrrole nitrogens is 1. The number of ether oxygens (including phenoxy) is 1. The Labute approximate surface area is 124 Å². The first kappa shape index (κ1) is 14.9. The molecule has 1 aromatic carbocycles. The van der Waals surface area contributed by atoms with Gasteiger partial charge in [0.25, 0.3) is 0 Å². The number of carboxylic acids is 1. The SMILES string of the molecule is O=C(O)[C@H]1O[C@](O)(c2cc3ccccc3[nH]2)[C@H](O)[C@@H](O)[C@@H]1O. The summed E-state index contributed by atoms with van der Waals surface area (Å²) in [5.41, 5.74) is 0.618. The van der Waals surface area contributed by atoms with Crippen LogP contribution < -0.4 is 0 Å². The Hall–Kier alpha value is -1.97. The number of hydrogen-bond acceptors (Lipinski definition) is 6. The molecule has 8 nitrogen and oxygen atoms in total. The number of aliphatic carboxylic acids is 1. The molecular weight excluding hydrogens is 294 g/mol. The van der Waals surface area contributed by atoms with Crippen LogP contribution >= 0.6 is 0 Å². The molecule has 0 aliphatic carbocycles. The lowest BCUT2D eigenvalue weighted by Crippen LogP contribution is -2.64. The maximum atomic E-state index is 11.1. The lowest BCUT2D eigenvalue weighted by Gasteiger charge is -2.43. The fourth-order valence-corrected chi connectivity index (χ4v) is 2.62. The third-order valence-corrected chi connectivity index (χ3v) is 3.85. The van der Waals surface area contributed by atoms with Crippen molar-refractivity contribution in [3.8, 4) is 0 Å². The average molecular weight is 309 g/mol. The average Bonchev–Trinajstić information content (AvgIpc) is 2.93. The van der Waals surface area contributed by atoms with Crippen molar-refractivity contribution in [2.24, 2.45) is 0 Å². The minimum absolute atomic E-state index is 0.0154. The first-order chi connectivity index (χ1) is 10.3. The van der Waals surface area contributed by atoms with Crippen LogP contribution in [0.3, 0.4) is 0 Å². The van der Waals surface area contributed by atoms with Crippen LogP contribution in [0.4, 0.5) is 0 Å². The zero-order valence-corrected chi connectivity index (χ0v) is 11.2. The van der Waals surface area contributed by atoms with E-state index in [9.17, 15) is 25.2 Å². The molecule has 0 unspecified atom stereocenters. The third-order valence-electron chi connectivity index (χ3n) is 3.85. The summed E-state index contributed by atoms with van der Waals surface area (Å²) in [5.74, 6) is -4.05. The highest BCUT2D eigenvalue weighted by Crippen LogP contribution is 2.37. The van der Waals surface area contributed by atoms with E-state index in [1.165, 1.54) is 6.07 Å². The fraction of sp³-hybridized carbons (Fsp3) is 0.357. The number of fused-ring (bicyclic) bond motifs is 1. The Morgan fingerprint density at radius 2 is 1.86 bits per heavy atom. The van der Waals surface area contributed by atoms with Crippen molar-refractivity contribution in [1.29, 1.82) is 0 Å². The van der Waals surface area contributed by atoms with E-state index in [0.29, 0.717) is 10.9 Å². The minimum Gasteiger partial charge on any atom is -0.479 e. The van der Waals surface area contributed by atoms with Crippen LogP contribution in [0, 0.1) is 0 Å². The minimum atomic E-state index is -2.49. The van der Waals surface area contributed by atoms with Gasteiger partial charge in [-0.25, -0.2) is 4.79 Å². The molecule has 0 bridgehead atoms. The summed E-state index contributed by atoms with van der Waals surface area (Å²) in [4.78, 5) is 13.9. The second-order valence-corrected chi connectivity index (χ2v) is 5.27. The topological polar surface area (TPSA) is 143 Å². The second kappa shape index (κ2) is 5.04. The molecule has 1 aliphatic rings. The van der Waals surface area contributed by atoms with Gasteiger partial charge in [0.05, 0.1) is 5.69 Å². The summed E-state index contributed by atoms with van der Waals surface area (Å²) >= 11 is 0. The van der Waals surface area contributed by atoms with Crippen LogP contribution in [0.2, 0.25) is 0 Å². The van der Waals surface area contributed by atoms with E-state index in [0.717, 1.165) is 0 Å². The molecule has 6 N–H and O–H groups in total. The van der Waals surface area contributed by atoms with Gasteiger partial charge in [0, 0.05) is 5.52 Å². The van der Waals surface area contributed by atoms with Gasteiger partial charge in [-0.05, 0) is 17.5 Å². The molecule has 8 heteroatoms. The fourth-order valence-electron chi connectivity index (χ4n) is 2.62. The maximum Gasteiger partial charge on any atom is 0.335 e. The molecule has 0 radical (unpaired) electrons. The van der Waals surface area contributed by atoms with E-state index < -0.39 is 36.2 Å². The number of aliphatic hydroxyl groups excluding tert-OH is 3. The molecule has 1 fully saturated rings. The zero-order chi connectivity index (χ0) is 16.1. The van der Waals surface area contributed by atoms with Crippen molar-refractivity contribution < 1.29 is 35.1 Å². The van der Waals surface area contributed by atoms with Crippen LogP contribution in [-0.2, 0) is 15.3 Å². The van der Waals surface area contributed by atoms with E-state index in [1.54, 1.807) is 24.3 Å². The van der Waals surface area contributed by atoms with Crippen molar-refractivity contribution in [3.63, 3.8) is 0 Å². The van der Waals surface area contributed by atoms with E-state index >= 15 is 0 Å². The van der Waals surface area contributed by atoms with E-state index in [4.69, 9.17) is 9.84 Å². The third kappa shape index (κ3) is 2.09. The van der Waals surface area contributed by atoms with Crippen molar-refractivity contribution in [1.82, 2.24) is 4.98 Å². The van der Waals surface area contributed by atoms with Gasteiger partial charge in [0.2, 0.25) is 5.79 Å². The lowest BCUT2D eigenvalue weighted by atomic mass is 9.90. The first-order valence-corrected chi connectivity index (χ1v) is 6.60. The molecule has 118 valence electrons. The number of aromatic nitrogens is 1. The lowest BCUT2D eigenvalue weighted by molar-refractivity contribution is -0.351. The molecule has 5 atom stereocenters. The van der Waals surface area contributed by atoms with Gasteiger partial charge in [-0.3, -0.25) is 0 Å². The van der Waals surface area contributed by atoms with Gasteiger partial charge in [-0.1, -0.05) is 18.2 Å². The smallest absolute Gasteiger partial charge is 0.335 e. The first-order valence-electron chi connectivity index (χ1n) is 6.60. The van der Waals surface area contributed by atoms with Crippen LogP contribution in [0.5, 0.6) is 0 Å². The van der Waals surface area contributed by atoms with Crippen LogP contribution in [0.15, 0.2) is 30.3 Å². The Morgan fingerprint density at radius 1 is 1.18 bits per heavy atom. The number of aromatic amines is 1. The van der Waals surface area contributed by atoms with E-state index in [2.05, 4.69) is 4.98 Å². The molecular formula is C14H15NO7. The summed E-state index contributed by atoms with van der Waals surface area (Å²) in [6.07, 6.45) is -7.55. The Morgan fingerprint density at radius 3 is 2.50 bits per heavy atom. The maximum absolute atomic E-state index is 11.1. The summed E-state index contributed by atoms with van der Waals surface area (Å²) < 4.78 is 5.01. The van der Waals surface area contributed by atoms with Crippen LogP contribution in [0.25, 0.3) is 10.9 Å². The number of aliphatic hydroxyl groups is 4. The quantitative estimate of drug-likeness (QED) is 0.412. The number of carbonyl (C=O) groups is 1. The van der Waals surface area contributed by atoms with E-state index in [-0.39, 0.29) is 5.69 Å². The highest BCUT2D eigenvalue weighted by molar-refractivity contribution is 5.80. The summed E-state index contributed by atoms with van der Waals surface area (Å²) in [7, 11) is 0. The number of hydrogen-bond donors (Lipinski definition) is 6. The van der Waals surface area contributed by atoms with Gasteiger partial charge in [0.15, 0.2) is 6.10 Å². The van der Waals surface area contributed by atoms with Crippen molar-refractivity contribution >= 4 is 16.9 Å². The predicted molar refractivity (Wildman–Crippen MR) is 72.7 cm³/mol. The highest BCUT2D eigenvalue weighted by atomic mass is 16.7. The molecule has 0 amide bonds. The zero-order valence-electron chi connectivity index (χ0n) is 11.2. The second-order valence-electron chi connectivity index (χ2n) is 5.27. The molecule has 22 heavy (non-hydrogen) atoms. The highest BCUT2D eigenvalue weighted by Gasteiger charge is 2.56. The van der Waals surface area contributed by atoms with Crippen molar-refractivity contribution in [2.75, 3.05) is 0 Å². The summed E-state index contributed by atoms with van der Waals surface area (Å²) in [6.45, 7) is 0. The van der Waals surface area contributed by atoms with Crippen LogP contribution in [0.1, 0.15) is 5.69 Å². The van der Waals surface area contributed by atoms with Gasteiger partial charge >= 0.3 is 5.97 Å². The monoisotopic (exact) mass is 309 g/mol. The van der Waals surface area contributed by atoms with Gasteiger partial charge in [-0.2, -0.15) is 0 Å². The molecule has 1 aliphatic heterocycles. The normalized spacial score (nSPS) is 35.6. The molecule has 0 spiro atoms. The largest absolute Gasteiger partial charge is 0.479 e. The number of benzene rings is 1. The molecule has 2 aromatic rings. The van der Waals surface area contributed by atoms with Gasteiger partial charge < -0.3 is 35.3 Å². The Bertz CT molecular complexity index is 681. The Kier molecular flexibility index (Phi) is 3.42.